The van der Waals surface area contributed by atoms with Crippen LogP contribution in [0.1, 0.15) is 32.9 Å². The van der Waals surface area contributed by atoms with Crippen LogP contribution in [-0.4, -0.2) is 54.2 Å². The Hall–Kier alpha value is -1.78. The molecule has 0 N–H and O–H groups in total. The lowest BCUT2D eigenvalue weighted by molar-refractivity contribution is 0.234. The Morgan fingerprint density at radius 2 is 1.96 bits per heavy atom. The van der Waals surface area contributed by atoms with Crippen LogP contribution in [0.2, 0.25) is 0 Å². The van der Waals surface area contributed by atoms with Gasteiger partial charge in [-0.1, -0.05) is 39.0 Å². The lowest BCUT2D eigenvalue weighted by Gasteiger charge is -2.25. The fourth-order valence-electron chi connectivity index (χ4n) is 2.63. The molecule has 1 unspecified atom stereocenters. The predicted octanol–water partition coefficient (Wildman–Crippen LogP) is 3.78. The van der Waals surface area contributed by atoms with Crippen LogP contribution in [0.25, 0.3) is 0 Å². The van der Waals surface area contributed by atoms with Crippen molar-refractivity contribution in [2.75, 3.05) is 33.2 Å². The van der Waals surface area contributed by atoms with Crippen LogP contribution in [-0.2, 0) is 6.54 Å². The van der Waals surface area contributed by atoms with Crippen molar-refractivity contribution in [3.8, 4) is 0 Å². The Morgan fingerprint density at radius 1 is 1.12 bits per heavy atom. The molecule has 25 heavy (non-hydrogen) atoms. The molecule has 4 nitrogen and oxygen atoms in total. The second-order valence-corrected chi connectivity index (χ2v) is 7.06. The van der Waals surface area contributed by atoms with Crippen LogP contribution >= 0.6 is 0 Å². The van der Waals surface area contributed by atoms with E-state index in [4.69, 9.17) is 4.99 Å². The van der Waals surface area contributed by atoms with E-state index in [9.17, 15) is 0 Å². The first kappa shape index (κ1) is 19.5. The fraction of sp³-hybridized carbons (Fsp3) is 0.524. The van der Waals surface area contributed by atoms with Gasteiger partial charge in [0.25, 0.3) is 0 Å². The highest BCUT2D eigenvalue weighted by atomic mass is 15.2. The van der Waals surface area contributed by atoms with Crippen LogP contribution in [0.15, 0.2) is 53.3 Å². The number of aromatic nitrogens is 1. The van der Waals surface area contributed by atoms with Crippen molar-refractivity contribution in [1.82, 2.24) is 14.8 Å². The molecule has 1 aromatic heterocycles. The molecule has 136 valence electrons. The van der Waals surface area contributed by atoms with Gasteiger partial charge in [0, 0.05) is 44.0 Å². The number of pyridine rings is 1. The van der Waals surface area contributed by atoms with Gasteiger partial charge < -0.3 is 4.90 Å². The molecule has 2 heterocycles. The Bertz CT molecular complexity index is 606. The molecule has 0 radical (unpaired) electrons. The summed E-state index contributed by atoms with van der Waals surface area (Å²) in [4.78, 5) is 14.0. The molecule has 0 fully saturated rings. The van der Waals surface area contributed by atoms with E-state index in [0.29, 0.717) is 0 Å². The second-order valence-electron chi connectivity index (χ2n) is 7.06. The lowest BCUT2D eigenvalue weighted by Crippen LogP contribution is -2.34. The van der Waals surface area contributed by atoms with E-state index in [1.54, 1.807) is 0 Å². The number of allylic oxidation sites excluding steroid dienone is 3. The van der Waals surface area contributed by atoms with Crippen molar-refractivity contribution < 1.29 is 0 Å². The average Bonchev–Trinajstić information content (AvgIpc) is 2.82. The molecule has 0 bridgehead atoms. The van der Waals surface area contributed by atoms with Crippen molar-refractivity contribution in [2.24, 2.45) is 10.4 Å². The van der Waals surface area contributed by atoms with E-state index >= 15 is 0 Å². The number of nitrogens with zero attached hydrogens (tertiary/aromatic N) is 4. The summed E-state index contributed by atoms with van der Waals surface area (Å²) in [5.41, 5.74) is 2.28. The maximum atomic E-state index is 4.77. The molecular weight excluding hydrogens is 308 g/mol. The van der Waals surface area contributed by atoms with Gasteiger partial charge in [0.2, 0.25) is 0 Å². The Balaban J connectivity index is 2.06. The first-order chi connectivity index (χ1) is 12.0. The van der Waals surface area contributed by atoms with Gasteiger partial charge in [-0.15, -0.1) is 0 Å². The smallest absolute Gasteiger partial charge is 0.0544 e. The zero-order valence-corrected chi connectivity index (χ0v) is 16.2. The molecule has 1 aliphatic rings. The largest absolute Gasteiger partial charge is 0.305 e. The monoisotopic (exact) mass is 340 g/mol. The van der Waals surface area contributed by atoms with Crippen LogP contribution < -0.4 is 0 Å². The van der Waals surface area contributed by atoms with Crippen molar-refractivity contribution in [2.45, 2.75) is 33.7 Å². The average molecular weight is 341 g/mol. The molecule has 1 atom stereocenters. The number of likely N-dealkylation sites (N-methyl/N-ethyl adjacent to an activating group) is 1. The first-order valence-electron chi connectivity index (χ1n) is 9.29. The summed E-state index contributed by atoms with van der Waals surface area (Å²) < 4.78 is 0. The highest BCUT2D eigenvalue weighted by molar-refractivity contribution is 5.70. The highest BCUT2D eigenvalue weighted by Crippen LogP contribution is 2.23. The molecule has 4 heteroatoms. The number of rotatable bonds is 9. The van der Waals surface area contributed by atoms with Gasteiger partial charge >= 0.3 is 0 Å². The third-order valence-corrected chi connectivity index (χ3v) is 4.89. The van der Waals surface area contributed by atoms with Crippen molar-refractivity contribution in [3.05, 3.63) is 54.0 Å². The summed E-state index contributed by atoms with van der Waals surface area (Å²) in [6, 6.07) is 6.11. The minimum Gasteiger partial charge on any atom is -0.305 e. The minimum atomic E-state index is 0.0620. The zero-order chi connectivity index (χ0) is 18.1. The summed E-state index contributed by atoms with van der Waals surface area (Å²) in [5.74, 6) is 0. The maximum absolute atomic E-state index is 4.77. The van der Waals surface area contributed by atoms with Crippen molar-refractivity contribution >= 4 is 6.21 Å². The van der Waals surface area contributed by atoms with Crippen LogP contribution in [0.4, 0.5) is 0 Å². The van der Waals surface area contributed by atoms with Gasteiger partial charge in [-0.25, -0.2) is 0 Å². The second kappa shape index (κ2) is 9.64. The SMILES string of the molecule is CCN(C)CCN(CC1=CC=CC(C)(CC)C=N1)Cc1ccccn1. The molecule has 1 aromatic rings. The molecular formula is C21H32N4. The predicted molar refractivity (Wildman–Crippen MR) is 107 cm³/mol. The summed E-state index contributed by atoms with van der Waals surface area (Å²) in [7, 11) is 2.16. The summed E-state index contributed by atoms with van der Waals surface area (Å²) >= 11 is 0. The van der Waals surface area contributed by atoms with E-state index in [-0.39, 0.29) is 5.41 Å². The minimum absolute atomic E-state index is 0.0620. The van der Waals surface area contributed by atoms with E-state index in [2.05, 4.69) is 79.2 Å². The number of aliphatic imine (C=N–C) groups is 1. The number of hydrogen-bond acceptors (Lipinski definition) is 4. The summed E-state index contributed by atoms with van der Waals surface area (Å²) in [5, 5.41) is 0. The van der Waals surface area contributed by atoms with Gasteiger partial charge in [-0.2, -0.15) is 0 Å². The van der Waals surface area contributed by atoms with Gasteiger partial charge in [-0.05, 0) is 38.2 Å². The summed E-state index contributed by atoms with van der Waals surface area (Å²) in [6.07, 6.45) is 11.6. The molecule has 2 rings (SSSR count). The maximum Gasteiger partial charge on any atom is 0.0544 e. The van der Waals surface area contributed by atoms with Gasteiger partial charge in [0.1, 0.15) is 0 Å². The standard InChI is InChI=1S/C21H32N4/c1-5-21(3)12-9-11-20(23-18-21)17-25(15-14-24(4)6-2)16-19-10-7-8-13-22-19/h7-13,18H,5-6,14-17H2,1-4H3. The normalized spacial score (nSPS) is 20.2. The van der Waals surface area contributed by atoms with E-state index in [1.807, 2.05) is 12.3 Å². The van der Waals surface area contributed by atoms with E-state index in [1.165, 1.54) is 0 Å². The fourth-order valence-corrected chi connectivity index (χ4v) is 2.63. The topological polar surface area (TPSA) is 31.7 Å². The molecule has 0 saturated carbocycles. The third kappa shape index (κ3) is 6.56. The van der Waals surface area contributed by atoms with E-state index in [0.717, 1.165) is 50.5 Å². The quantitative estimate of drug-likeness (QED) is 0.686. The first-order valence-corrected chi connectivity index (χ1v) is 9.29. The van der Waals surface area contributed by atoms with E-state index < -0.39 is 0 Å². The van der Waals surface area contributed by atoms with Crippen LogP contribution in [0, 0.1) is 5.41 Å². The lowest BCUT2D eigenvalue weighted by atomic mass is 9.89. The highest BCUT2D eigenvalue weighted by Gasteiger charge is 2.17. The molecule has 0 amide bonds. The molecule has 0 aliphatic carbocycles. The molecule has 0 saturated heterocycles. The van der Waals surface area contributed by atoms with Crippen molar-refractivity contribution in [1.29, 1.82) is 0 Å². The van der Waals surface area contributed by atoms with Crippen LogP contribution in [0.3, 0.4) is 0 Å². The van der Waals surface area contributed by atoms with Crippen LogP contribution in [0.5, 0.6) is 0 Å². The molecule has 0 aromatic carbocycles. The van der Waals surface area contributed by atoms with Gasteiger partial charge in [0.15, 0.2) is 0 Å². The molecule has 1 aliphatic heterocycles. The van der Waals surface area contributed by atoms with Crippen molar-refractivity contribution in [3.63, 3.8) is 0 Å². The zero-order valence-electron chi connectivity index (χ0n) is 16.2. The Morgan fingerprint density at radius 3 is 2.64 bits per heavy atom. The Kier molecular flexibility index (Phi) is 7.53. The summed E-state index contributed by atoms with van der Waals surface area (Å²) in [6.45, 7) is 11.4. The number of hydrogen-bond donors (Lipinski definition) is 0. The Labute approximate surface area is 153 Å². The van der Waals surface area contributed by atoms with Gasteiger partial charge in [-0.3, -0.25) is 14.9 Å². The third-order valence-electron chi connectivity index (χ3n) is 4.89. The molecule has 0 spiro atoms. The van der Waals surface area contributed by atoms with Gasteiger partial charge in [0.05, 0.1) is 11.4 Å².